The van der Waals surface area contributed by atoms with Gasteiger partial charge in [-0.15, -0.1) is 0 Å². The van der Waals surface area contributed by atoms with Gasteiger partial charge >= 0.3 is 6.18 Å². The summed E-state index contributed by atoms with van der Waals surface area (Å²) in [6.45, 7) is 0.268. The molecule has 200 valence electrons. The molecule has 1 aliphatic heterocycles. The molecule has 1 saturated carbocycles. The van der Waals surface area contributed by atoms with E-state index in [2.05, 4.69) is 5.32 Å². The van der Waals surface area contributed by atoms with Crippen molar-refractivity contribution in [3.63, 3.8) is 0 Å². The minimum absolute atomic E-state index is 0.0266. The van der Waals surface area contributed by atoms with E-state index in [1.165, 1.54) is 43.3 Å². The molecular formula is C25H27F4N3O4S. The summed E-state index contributed by atoms with van der Waals surface area (Å²) in [5.74, 6) is -2.21. The van der Waals surface area contributed by atoms with Crippen LogP contribution in [0.4, 0.5) is 17.6 Å². The number of carbonyl (C=O) groups excluding carboxylic acids is 2. The van der Waals surface area contributed by atoms with E-state index < -0.39 is 51.5 Å². The number of sulfonamides is 1. The summed E-state index contributed by atoms with van der Waals surface area (Å²) in [7, 11) is -1.02. The van der Waals surface area contributed by atoms with Gasteiger partial charge in [-0.05, 0) is 61.9 Å². The minimum Gasteiger partial charge on any atom is -0.347 e. The lowest BCUT2D eigenvalue weighted by Gasteiger charge is -2.27. The van der Waals surface area contributed by atoms with Crippen molar-refractivity contribution < 1.29 is 35.6 Å². The number of amides is 2. The highest BCUT2D eigenvalue weighted by atomic mass is 32.2. The summed E-state index contributed by atoms with van der Waals surface area (Å²) >= 11 is 0. The summed E-state index contributed by atoms with van der Waals surface area (Å²) < 4.78 is 79.6. The zero-order valence-corrected chi connectivity index (χ0v) is 21.1. The Hall–Kier alpha value is -2.99. The molecule has 0 bridgehead atoms. The number of carbonyl (C=O) groups is 2. The van der Waals surface area contributed by atoms with Crippen LogP contribution in [0.25, 0.3) is 0 Å². The summed E-state index contributed by atoms with van der Waals surface area (Å²) in [4.78, 5) is 27.8. The Bertz CT molecular complexity index is 1310. The molecular weight excluding hydrogens is 514 g/mol. The molecule has 0 radical (unpaired) electrons. The fraction of sp³-hybridized carbons (Fsp3) is 0.440. The van der Waals surface area contributed by atoms with E-state index >= 15 is 0 Å². The van der Waals surface area contributed by atoms with E-state index in [0.717, 1.165) is 16.4 Å². The zero-order chi connectivity index (χ0) is 27.1. The van der Waals surface area contributed by atoms with Crippen molar-refractivity contribution in [3.8, 4) is 0 Å². The molecule has 1 N–H and O–H groups in total. The number of rotatable bonds is 7. The van der Waals surface area contributed by atoms with Crippen LogP contribution in [0.1, 0.15) is 53.2 Å². The molecule has 2 amide bonds. The molecule has 1 unspecified atom stereocenters. The lowest BCUT2D eigenvalue weighted by Crippen LogP contribution is -2.47. The average molecular weight is 542 g/mol. The Morgan fingerprint density at radius 3 is 2.38 bits per heavy atom. The maximum absolute atomic E-state index is 14.7. The number of nitrogens with zero attached hydrogens (tertiary/aromatic N) is 2. The standard InChI is InChI=1S/C25H27F4N3O4S/c1-31(2)37(35,36)18-6-3-5-16(13-18)24(34)32-12-4-7-21(32)23(33)30-22(15-8-9-15)19-11-10-17(14-20(19)26)25(27,28)29/h3,5-6,10-11,13-15,21-22H,4,7-9,12H2,1-2H3,(H,30,33)/t21-,22?/m1/s1. The van der Waals surface area contributed by atoms with Gasteiger partial charge < -0.3 is 10.2 Å². The first-order chi connectivity index (χ1) is 17.3. The summed E-state index contributed by atoms with van der Waals surface area (Å²) in [5, 5.41) is 2.77. The van der Waals surface area contributed by atoms with Gasteiger partial charge in [0.2, 0.25) is 15.9 Å². The second-order valence-corrected chi connectivity index (χ2v) is 11.7. The maximum atomic E-state index is 14.7. The third-order valence-corrected chi connectivity index (χ3v) is 8.54. The van der Waals surface area contributed by atoms with Gasteiger partial charge in [0.15, 0.2) is 0 Å². The van der Waals surface area contributed by atoms with Gasteiger partial charge in [-0.25, -0.2) is 17.1 Å². The summed E-state index contributed by atoms with van der Waals surface area (Å²) in [6.07, 6.45) is -2.44. The van der Waals surface area contributed by atoms with E-state index in [0.29, 0.717) is 31.7 Å². The SMILES string of the molecule is CN(C)S(=O)(=O)c1cccc(C(=O)N2CCC[C@@H]2C(=O)NC(c2ccc(C(F)(F)F)cc2F)C2CC2)c1. The molecule has 1 saturated heterocycles. The van der Waals surface area contributed by atoms with E-state index in [1.54, 1.807) is 0 Å². The van der Waals surface area contributed by atoms with Crippen LogP contribution in [0.2, 0.25) is 0 Å². The first-order valence-electron chi connectivity index (χ1n) is 11.8. The van der Waals surface area contributed by atoms with E-state index in [4.69, 9.17) is 0 Å². The fourth-order valence-corrected chi connectivity index (χ4v) is 5.48. The van der Waals surface area contributed by atoms with Crippen LogP contribution < -0.4 is 5.32 Å². The van der Waals surface area contributed by atoms with Crippen LogP contribution >= 0.6 is 0 Å². The van der Waals surface area contributed by atoms with Crippen molar-refractivity contribution >= 4 is 21.8 Å². The number of likely N-dealkylation sites (tertiary alicyclic amines) is 1. The van der Waals surface area contributed by atoms with Crippen LogP contribution in [0.15, 0.2) is 47.4 Å². The smallest absolute Gasteiger partial charge is 0.347 e. The molecule has 37 heavy (non-hydrogen) atoms. The lowest BCUT2D eigenvalue weighted by atomic mass is 9.99. The summed E-state index contributed by atoms with van der Waals surface area (Å²) in [6, 6.07) is 6.13. The van der Waals surface area contributed by atoms with Crippen molar-refractivity contribution in [2.24, 2.45) is 5.92 Å². The quantitative estimate of drug-likeness (QED) is 0.538. The summed E-state index contributed by atoms with van der Waals surface area (Å²) in [5.41, 5.74) is -1.03. The van der Waals surface area contributed by atoms with Crippen LogP contribution in [0.3, 0.4) is 0 Å². The molecule has 1 heterocycles. The average Bonchev–Trinajstić information content (AvgIpc) is 3.56. The molecule has 12 heteroatoms. The van der Waals surface area contributed by atoms with Crippen molar-refractivity contribution in [1.82, 2.24) is 14.5 Å². The lowest BCUT2D eigenvalue weighted by molar-refractivity contribution is -0.137. The van der Waals surface area contributed by atoms with Gasteiger partial charge in [-0.3, -0.25) is 9.59 Å². The Kier molecular flexibility index (Phi) is 7.35. The minimum atomic E-state index is -4.69. The molecule has 2 fully saturated rings. The molecule has 7 nitrogen and oxygen atoms in total. The van der Waals surface area contributed by atoms with Gasteiger partial charge in [0.25, 0.3) is 5.91 Å². The van der Waals surface area contributed by atoms with Gasteiger partial charge in [-0.2, -0.15) is 13.2 Å². The highest BCUT2D eigenvalue weighted by Gasteiger charge is 2.40. The second-order valence-electron chi connectivity index (χ2n) is 9.53. The van der Waals surface area contributed by atoms with Crippen molar-refractivity contribution in [3.05, 3.63) is 65.0 Å². The normalized spacial score (nSPS) is 19.2. The number of hydrogen-bond donors (Lipinski definition) is 1. The van der Waals surface area contributed by atoms with Gasteiger partial charge in [-0.1, -0.05) is 12.1 Å². The number of hydrogen-bond acceptors (Lipinski definition) is 4. The zero-order valence-electron chi connectivity index (χ0n) is 20.3. The molecule has 2 aromatic carbocycles. The molecule has 0 aromatic heterocycles. The molecule has 2 aromatic rings. The molecule has 4 rings (SSSR count). The Morgan fingerprint density at radius 2 is 1.78 bits per heavy atom. The number of nitrogens with one attached hydrogen (secondary N) is 1. The van der Waals surface area contributed by atoms with E-state index in [9.17, 15) is 35.6 Å². The maximum Gasteiger partial charge on any atom is 0.416 e. The molecule has 2 atom stereocenters. The first-order valence-corrected chi connectivity index (χ1v) is 13.3. The van der Waals surface area contributed by atoms with Crippen molar-refractivity contribution in [1.29, 1.82) is 0 Å². The van der Waals surface area contributed by atoms with Crippen LogP contribution in [0.5, 0.6) is 0 Å². The topological polar surface area (TPSA) is 86.8 Å². The highest BCUT2D eigenvalue weighted by Crippen LogP contribution is 2.43. The Balaban J connectivity index is 1.54. The fourth-order valence-electron chi connectivity index (χ4n) is 4.53. The Labute approximate surface area is 212 Å². The van der Waals surface area contributed by atoms with Crippen LogP contribution in [0, 0.1) is 11.7 Å². The van der Waals surface area contributed by atoms with Gasteiger partial charge in [0, 0.05) is 31.8 Å². The van der Waals surface area contributed by atoms with E-state index in [-0.39, 0.29) is 28.5 Å². The van der Waals surface area contributed by atoms with Crippen LogP contribution in [-0.2, 0) is 21.0 Å². The van der Waals surface area contributed by atoms with Crippen molar-refractivity contribution in [2.75, 3.05) is 20.6 Å². The van der Waals surface area contributed by atoms with Crippen molar-refractivity contribution in [2.45, 2.75) is 48.8 Å². The third kappa shape index (κ3) is 5.64. The highest BCUT2D eigenvalue weighted by molar-refractivity contribution is 7.89. The van der Waals surface area contributed by atoms with Crippen LogP contribution in [-0.4, -0.2) is 56.1 Å². The predicted octanol–water partition coefficient (Wildman–Crippen LogP) is 3.97. The first kappa shape index (κ1) is 27.1. The molecule has 0 spiro atoms. The Morgan fingerprint density at radius 1 is 1.08 bits per heavy atom. The monoisotopic (exact) mass is 541 g/mol. The largest absolute Gasteiger partial charge is 0.416 e. The number of benzene rings is 2. The number of alkyl halides is 3. The molecule has 1 aliphatic carbocycles. The number of halogens is 4. The predicted molar refractivity (Wildman–Crippen MR) is 126 cm³/mol. The van der Waals surface area contributed by atoms with Gasteiger partial charge in [0.05, 0.1) is 16.5 Å². The second kappa shape index (κ2) is 10.1. The van der Waals surface area contributed by atoms with Gasteiger partial charge in [0.1, 0.15) is 11.9 Å². The third-order valence-electron chi connectivity index (χ3n) is 6.73. The molecule has 2 aliphatic rings. The van der Waals surface area contributed by atoms with E-state index in [1.807, 2.05) is 0 Å².